The van der Waals surface area contributed by atoms with Crippen LogP contribution in [0, 0.1) is 0 Å². The average Bonchev–Trinajstić information content (AvgIpc) is 2.27. The fraction of sp³-hybridized carbons (Fsp3) is 1.00. The van der Waals surface area contributed by atoms with Crippen LogP contribution in [0.15, 0.2) is 0 Å². The summed E-state index contributed by atoms with van der Waals surface area (Å²) in [6.07, 6.45) is 3.29. The van der Waals surface area contributed by atoms with E-state index in [0.717, 1.165) is 13.0 Å². The molecular weight excluding hydrogens is 218 g/mol. The van der Waals surface area contributed by atoms with Crippen molar-refractivity contribution >= 4 is 11.8 Å². The molecule has 2 N–H and O–H groups in total. The van der Waals surface area contributed by atoms with E-state index in [4.69, 9.17) is 5.73 Å². The molecule has 1 rings (SSSR count). The van der Waals surface area contributed by atoms with E-state index in [9.17, 15) is 0 Å². The van der Waals surface area contributed by atoms with Crippen molar-refractivity contribution in [3.05, 3.63) is 0 Å². The molecule has 0 radical (unpaired) electrons. The van der Waals surface area contributed by atoms with E-state index in [1.54, 1.807) is 0 Å². The van der Waals surface area contributed by atoms with Gasteiger partial charge in [-0.15, -0.1) is 0 Å². The smallest absolute Gasteiger partial charge is 0.0175 e. The Balaban J connectivity index is 2.16. The standard InChI is InChI=1S/C12H27N3S/c1-11(2)15-7-5-14(6-8-15)10-12(13)4-9-16-3/h11-12H,4-10,13H2,1-3H3/t12-/m1/s1. The molecule has 96 valence electrons. The predicted molar refractivity (Wildman–Crippen MR) is 74.1 cm³/mol. The fourth-order valence-electron chi connectivity index (χ4n) is 2.15. The van der Waals surface area contributed by atoms with Crippen LogP contribution in [0.3, 0.4) is 0 Å². The summed E-state index contributed by atoms with van der Waals surface area (Å²) >= 11 is 1.89. The third kappa shape index (κ3) is 5.04. The SMILES string of the molecule is CSCC[C@@H](N)CN1CCN(C(C)C)CC1. The minimum atomic E-state index is 0.359. The Kier molecular flexibility index (Phi) is 6.73. The third-order valence-electron chi connectivity index (χ3n) is 3.32. The first-order chi connectivity index (χ1) is 7.63. The molecule has 0 saturated carbocycles. The molecule has 0 aromatic heterocycles. The minimum Gasteiger partial charge on any atom is -0.327 e. The summed E-state index contributed by atoms with van der Waals surface area (Å²) in [5, 5.41) is 0. The van der Waals surface area contributed by atoms with Gasteiger partial charge in [-0.05, 0) is 32.3 Å². The van der Waals surface area contributed by atoms with Crippen molar-refractivity contribution in [1.29, 1.82) is 0 Å². The molecule has 0 bridgehead atoms. The van der Waals surface area contributed by atoms with E-state index in [1.165, 1.54) is 31.9 Å². The van der Waals surface area contributed by atoms with E-state index in [0.29, 0.717) is 12.1 Å². The van der Waals surface area contributed by atoms with Crippen LogP contribution in [-0.4, -0.2) is 66.6 Å². The van der Waals surface area contributed by atoms with Crippen molar-refractivity contribution in [2.75, 3.05) is 44.7 Å². The van der Waals surface area contributed by atoms with E-state index < -0.39 is 0 Å². The number of nitrogens with zero attached hydrogens (tertiary/aromatic N) is 2. The van der Waals surface area contributed by atoms with Crippen molar-refractivity contribution in [3.63, 3.8) is 0 Å². The lowest BCUT2D eigenvalue weighted by atomic mass is 10.2. The van der Waals surface area contributed by atoms with Gasteiger partial charge in [-0.1, -0.05) is 0 Å². The molecular formula is C12H27N3S. The summed E-state index contributed by atoms with van der Waals surface area (Å²) in [5.41, 5.74) is 6.12. The maximum Gasteiger partial charge on any atom is 0.0175 e. The highest BCUT2D eigenvalue weighted by Crippen LogP contribution is 2.07. The fourth-order valence-corrected chi connectivity index (χ4v) is 2.69. The number of hydrogen-bond acceptors (Lipinski definition) is 4. The molecule has 1 saturated heterocycles. The highest BCUT2D eigenvalue weighted by Gasteiger charge is 2.19. The second-order valence-electron chi connectivity index (χ2n) is 4.97. The lowest BCUT2D eigenvalue weighted by molar-refractivity contribution is 0.104. The molecule has 0 amide bonds. The van der Waals surface area contributed by atoms with Gasteiger partial charge in [-0.2, -0.15) is 11.8 Å². The van der Waals surface area contributed by atoms with Gasteiger partial charge in [0.15, 0.2) is 0 Å². The topological polar surface area (TPSA) is 32.5 Å². The summed E-state index contributed by atoms with van der Waals surface area (Å²) in [4.78, 5) is 5.06. The minimum absolute atomic E-state index is 0.359. The van der Waals surface area contributed by atoms with Crippen LogP contribution in [-0.2, 0) is 0 Å². The summed E-state index contributed by atoms with van der Waals surface area (Å²) in [7, 11) is 0. The van der Waals surface area contributed by atoms with Gasteiger partial charge >= 0.3 is 0 Å². The third-order valence-corrected chi connectivity index (χ3v) is 3.97. The molecule has 0 spiro atoms. The molecule has 0 unspecified atom stereocenters. The molecule has 1 atom stereocenters. The molecule has 1 aliphatic heterocycles. The zero-order valence-electron chi connectivity index (χ0n) is 11.0. The zero-order chi connectivity index (χ0) is 12.0. The molecule has 1 heterocycles. The van der Waals surface area contributed by atoms with Crippen molar-refractivity contribution in [3.8, 4) is 0 Å². The van der Waals surface area contributed by atoms with Gasteiger partial charge in [0.05, 0.1) is 0 Å². The molecule has 1 aliphatic rings. The second kappa shape index (κ2) is 7.54. The lowest BCUT2D eigenvalue weighted by Crippen LogP contribution is -2.51. The zero-order valence-corrected chi connectivity index (χ0v) is 11.8. The Morgan fingerprint density at radius 1 is 1.19 bits per heavy atom. The Labute approximate surface area is 105 Å². The quantitative estimate of drug-likeness (QED) is 0.759. The number of piperazine rings is 1. The van der Waals surface area contributed by atoms with Crippen molar-refractivity contribution in [2.24, 2.45) is 5.73 Å². The lowest BCUT2D eigenvalue weighted by Gasteiger charge is -2.37. The number of thioether (sulfide) groups is 1. The normalized spacial score (nSPS) is 21.6. The molecule has 4 heteroatoms. The van der Waals surface area contributed by atoms with Gasteiger partial charge in [0.2, 0.25) is 0 Å². The van der Waals surface area contributed by atoms with Crippen molar-refractivity contribution in [1.82, 2.24) is 9.80 Å². The van der Waals surface area contributed by atoms with E-state index in [-0.39, 0.29) is 0 Å². The van der Waals surface area contributed by atoms with E-state index >= 15 is 0 Å². The Morgan fingerprint density at radius 3 is 2.31 bits per heavy atom. The molecule has 0 aromatic rings. The van der Waals surface area contributed by atoms with Crippen LogP contribution < -0.4 is 5.73 Å². The monoisotopic (exact) mass is 245 g/mol. The maximum absolute atomic E-state index is 6.12. The Morgan fingerprint density at radius 2 is 1.81 bits per heavy atom. The Bertz CT molecular complexity index is 179. The largest absolute Gasteiger partial charge is 0.327 e. The van der Waals surface area contributed by atoms with Crippen LogP contribution in [0.5, 0.6) is 0 Å². The highest BCUT2D eigenvalue weighted by atomic mass is 32.2. The van der Waals surface area contributed by atoms with Crippen LogP contribution >= 0.6 is 11.8 Å². The summed E-state index contributed by atoms with van der Waals surface area (Å²) < 4.78 is 0. The molecule has 0 aromatic carbocycles. The molecule has 1 fully saturated rings. The summed E-state index contributed by atoms with van der Waals surface area (Å²) in [6, 6.07) is 1.05. The number of nitrogens with two attached hydrogens (primary N) is 1. The first kappa shape index (κ1) is 14.3. The highest BCUT2D eigenvalue weighted by molar-refractivity contribution is 7.98. The van der Waals surface area contributed by atoms with Crippen molar-refractivity contribution in [2.45, 2.75) is 32.4 Å². The average molecular weight is 245 g/mol. The van der Waals surface area contributed by atoms with Crippen LogP contribution in [0.4, 0.5) is 0 Å². The molecule has 0 aliphatic carbocycles. The van der Waals surface area contributed by atoms with Gasteiger partial charge in [-0.25, -0.2) is 0 Å². The van der Waals surface area contributed by atoms with Crippen LogP contribution in [0.2, 0.25) is 0 Å². The van der Waals surface area contributed by atoms with E-state index in [2.05, 4.69) is 29.9 Å². The first-order valence-corrected chi connectivity index (χ1v) is 7.73. The van der Waals surface area contributed by atoms with Gasteiger partial charge in [0, 0.05) is 44.8 Å². The maximum atomic E-state index is 6.12. The number of rotatable bonds is 6. The first-order valence-electron chi connectivity index (χ1n) is 6.34. The predicted octanol–water partition coefficient (Wildman–Crippen LogP) is 1.09. The second-order valence-corrected chi connectivity index (χ2v) is 5.96. The summed E-state index contributed by atoms with van der Waals surface area (Å²) in [5.74, 6) is 1.19. The van der Waals surface area contributed by atoms with Gasteiger partial charge < -0.3 is 5.73 Å². The van der Waals surface area contributed by atoms with Gasteiger partial charge in [0.25, 0.3) is 0 Å². The van der Waals surface area contributed by atoms with Crippen molar-refractivity contribution < 1.29 is 0 Å². The van der Waals surface area contributed by atoms with Gasteiger partial charge in [0.1, 0.15) is 0 Å². The molecule has 3 nitrogen and oxygen atoms in total. The number of hydrogen-bond donors (Lipinski definition) is 1. The van der Waals surface area contributed by atoms with E-state index in [1.807, 2.05) is 11.8 Å². The summed E-state index contributed by atoms with van der Waals surface area (Å²) in [6.45, 7) is 10.4. The Hall–Kier alpha value is 0.230. The van der Waals surface area contributed by atoms with Gasteiger partial charge in [-0.3, -0.25) is 9.80 Å². The van der Waals surface area contributed by atoms with Crippen LogP contribution in [0.1, 0.15) is 20.3 Å². The van der Waals surface area contributed by atoms with Crippen LogP contribution in [0.25, 0.3) is 0 Å². The molecule has 16 heavy (non-hydrogen) atoms.